The number of fused-ring (bicyclic) bond motifs is 1. The molecule has 3 heterocycles. The number of carbonyl (C=O) groups is 2. The van der Waals surface area contributed by atoms with Gasteiger partial charge < -0.3 is 9.84 Å². The van der Waals surface area contributed by atoms with Crippen LogP contribution in [0.25, 0.3) is 5.65 Å². The minimum atomic E-state index is -0.914. The molecule has 0 amide bonds. The van der Waals surface area contributed by atoms with Gasteiger partial charge >= 0.3 is 5.97 Å². The number of hydrogen-bond donors (Lipinski definition) is 1. The van der Waals surface area contributed by atoms with Crippen molar-refractivity contribution in [1.82, 2.24) is 9.38 Å². The molecule has 0 aliphatic rings. The lowest BCUT2D eigenvalue weighted by atomic mass is 9.91. The molecule has 0 saturated heterocycles. The first-order chi connectivity index (χ1) is 12.5. The molecule has 0 radical (unpaired) electrons. The lowest BCUT2D eigenvalue weighted by Crippen LogP contribution is -2.13. The molecule has 0 bridgehead atoms. The molecule has 0 fully saturated rings. The number of nitrogens with zero attached hydrogens (tertiary/aromatic N) is 2. The average molecular weight is 372 g/mol. The fourth-order valence-electron chi connectivity index (χ4n) is 3.11. The highest BCUT2D eigenvalue weighted by Gasteiger charge is 2.24. The topological polar surface area (TPSA) is 80.9 Å². The Bertz CT molecular complexity index is 931. The number of carbonyl (C=O) groups excluding carboxylic acids is 1. The van der Waals surface area contributed by atoms with E-state index in [1.165, 1.54) is 11.3 Å². The Kier molecular flexibility index (Phi) is 5.37. The van der Waals surface area contributed by atoms with E-state index < -0.39 is 5.97 Å². The Morgan fingerprint density at radius 3 is 2.81 bits per heavy atom. The van der Waals surface area contributed by atoms with Crippen LogP contribution >= 0.6 is 11.3 Å². The van der Waals surface area contributed by atoms with Gasteiger partial charge in [0.1, 0.15) is 5.69 Å². The first-order valence-electron chi connectivity index (χ1n) is 8.38. The van der Waals surface area contributed by atoms with E-state index in [4.69, 9.17) is 4.74 Å². The molecule has 1 atom stereocenters. The zero-order valence-electron chi connectivity index (χ0n) is 14.6. The highest BCUT2D eigenvalue weighted by molar-refractivity contribution is 7.08. The van der Waals surface area contributed by atoms with E-state index in [2.05, 4.69) is 4.98 Å². The molecule has 6 nitrogen and oxygen atoms in total. The Morgan fingerprint density at radius 1 is 1.35 bits per heavy atom. The number of ketones is 1. The first kappa shape index (κ1) is 18.1. The summed E-state index contributed by atoms with van der Waals surface area (Å²) in [5.41, 5.74) is 2.57. The van der Waals surface area contributed by atoms with Crippen molar-refractivity contribution in [3.63, 3.8) is 0 Å². The maximum atomic E-state index is 13.0. The molecule has 0 aliphatic heterocycles. The molecule has 0 aliphatic carbocycles. The highest BCUT2D eigenvalue weighted by atomic mass is 32.1. The van der Waals surface area contributed by atoms with Gasteiger partial charge in [-0.3, -0.25) is 14.0 Å². The van der Waals surface area contributed by atoms with Gasteiger partial charge in [-0.05, 0) is 48.4 Å². The van der Waals surface area contributed by atoms with E-state index in [0.717, 1.165) is 5.56 Å². The first-order valence-corrected chi connectivity index (χ1v) is 9.33. The van der Waals surface area contributed by atoms with Crippen molar-refractivity contribution in [1.29, 1.82) is 0 Å². The number of aryl methyl sites for hydroxylation is 1. The van der Waals surface area contributed by atoms with Crippen molar-refractivity contribution >= 4 is 28.7 Å². The smallest absolute Gasteiger partial charge is 0.303 e. The highest BCUT2D eigenvalue weighted by Crippen LogP contribution is 2.29. The van der Waals surface area contributed by atoms with Crippen LogP contribution in [0.15, 0.2) is 35.2 Å². The van der Waals surface area contributed by atoms with Crippen LogP contribution in [0.3, 0.4) is 0 Å². The van der Waals surface area contributed by atoms with Crippen molar-refractivity contribution in [2.24, 2.45) is 0 Å². The number of Topliss-reactive ketones (excluding diaryl/α,β-unsaturated/α-hetero) is 1. The number of ether oxygens (including phenoxy) is 1. The van der Waals surface area contributed by atoms with Crippen LogP contribution in [0.1, 0.15) is 47.4 Å². The SMILES string of the molecule is CCOc1cccn2c(C(=O)C[C@@H](CC(=O)O)c3ccsc3)c(C)nc12. The summed E-state index contributed by atoms with van der Waals surface area (Å²) in [7, 11) is 0. The minimum absolute atomic E-state index is 0.0809. The molecule has 1 N–H and O–H groups in total. The van der Waals surface area contributed by atoms with Gasteiger partial charge in [0.2, 0.25) is 0 Å². The van der Waals surface area contributed by atoms with E-state index in [9.17, 15) is 14.7 Å². The van der Waals surface area contributed by atoms with Gasteiger partial charge in [-0.15, -0.1) is 0 Å². The van der Waals surface area contributed by atoms with Crippen LogP contribution in [0.4, 0.5) is 0 Å². The van der Waals surface area contributed by atoms with Gasteiger partial charge in [0, 0.05) is 18.5 Å². The van der Waals surface area contributed by atoms with Gasteiger partial charge in [-0.2, -0.15) is 11.3 Å². The number of hydrogen-bond acceptors (Lipinski definition) is 5. The fourth-order valence-corrected chi connectivity index (χ4v) is 3.85. The maximum absolute atomic E-state index is 13.0. The van der Waals surface area contributed by atoms with Crippen LogP contribution in [0.5, 0.6) is 5.75 Å². The number of aromatic nitrogens is 2. The number of pyridine rings is 1. The maximum Gasteiger partial charge on any atom is 0.303 e. The van der Waals surface area contributed by atoms with Crippen molar-refractivity contribution < 1.29 is 19.4 Å². The molecule has 7 heteroatoms. The van der Waals surface area contributed by atoms with Crippen LogP contribution in [-0.2, 0) is 4.79 Å². The van der Waals surface area contributed by atoms with Crippen LogP contribution < -0.4 is 4.74 Å². The molecule has 0 aromatic carbocycles. The lowest BCUT2D eigenvalue weighted by Gasteiger charge is -2.13. The second-order valence-electron chi connectivity index (χ2n) is 6.02. The molecular formula is C19H20N2O4S. The third kappa shape index (κ3) is 3.62. The van der Waals surface area contributed by atoms with Gasteiger partial charge in [-0.1, -0.05) is 0 Å². The van der Waals surface area contributed by atoms with Gasteiger partial charge in [-0.25, -0.2) is 4.98 Å². The summed E-state index contributed by atoms with van der Waals surface area (Å²) in [4.78, 5) is 28.7. The Hall–Kier alpha value is -2.67. The van der Waals surface area contributed by atoms with E-state index in [0.29, 0.717) is 29.4 Å². The number of imidazole rings is 1. The van der Waals surface area contributed by atoms with Gasteiger partial charge in [0.15, 0.2) is 17.2 Å². The zero-order chi connectivity index (χ0) is 18.7. The summed E-state index contributed by atoms with van der Waals surface area (Å²) in [5, 5.41) is 13.0. The molecule has 0 spiro atoms. The molecule has 3 aromatic rings. The molecule has 136 valence electrons. The summed E-state index contributed by atoms with van der Waals surface area (Å²) >= 11 is 1.49. The summed E-state index contributed by atoms with van der Waals surface area (Å²) < 4.78 is 7.32. The molecule has 3 aromatic heterocycles. The number of carboxylic acid groups (broad SMARTS) is 1. The summed E-state index contributed by atoms with van der Waals surface area (Å²) in [6.45, 7) is 4.18. The van der Waals surface area contributed by atoms with E-state index in [-0.39, 0.29) is 24.5 Å². The predicted octanol–water partition coefficient (Wildman–Crippen LogP) is 3.93. The van der Waals surface area contributed by atoms with E-state index in [1.807, 2.05) is 35.9 Å². The summed E-state index contributed by atoms with van der Waals surface area (Å²) in [6.07, 6.45) is 1.82. The predicted molar refractivity (Wildman–Crippen MR) is 99.4 cm³/mol. The van der Waals surface area contributed by atoms with Crippen LogP contribution in [-0.4, -0.2) is 32.9 Å². The third-order valence-corrected chi connectivity index (χ3v) is 4.92. The lowest BCUT2D eigenvalue weighted by molar-refractivity contribution is -0.137. The van der Waals surface area contributed by atoms with Crippen molar-refractivity contribution in [3.05, 3.63) is 52.1 Å². The molecule has 0 saturated carbocycles. The molecule has 26 heavy (non-hydrogen) atoms. The Labute approximate surface area is 155 Å². The summed E-state index contributed by atoms with van der Waals surface area (Å²) in [6, 6.07) is 5.50. The number of rotatable bonds is 8. The van der Waals surface area contributed by atoms with Crippen molar-refractivity contribution in [2.75, 3.05) is 6.61 Å². The fraction of sp³-hybridized carbons (Fsp3) is 0.316. The number of carboxylic acids is 1. The largest absolute Gasteiger partial charge is 0.490 e. The van der Waals surface area contributed by atoms with Gasteiger partial charge in [0.05, 0.1) is 18.7 Å². The normalized spacial score (nSPS) is 12.2. The number of aliphatic carboxylic acids is 1. The molecular weight excluding hydrogens is 352 g/mol. The van der Waals surface area contributed by atoms with Crippen LogP contribution in [0, 0.1) is 6.92 Å². The standard InChI is InChI=1S/C19H20N2O4S/c1-3-25-16-5-4-7-21-18(12(2)20-19(16)21)15(22)9-14(10-17(23)24)13-6-8-26-11-13/h4-8,11,14H,3,9-10H2,1-2H3,(H,23,24)/t14-/m0/s1. The summed E-state index contributed by atoms with van der Waals surface area (Å²) in [5.74, 6) is -0.771. The Balaban J connectivity index is 1.95. The van der Waals surface area contributed by atoms with Crippen molar-refractivity contribution in [3.8, 4) is 5.75 Å². The van der Waals surface area contributed by atoms with Crippen LogP contribution in [0.2, 0.25) is 0 Å². The molecule has 3 rings (SSSR count). The third-order valence-electron chi connectivity index (χ3n) is 4.22. The van der Waals surface area contributed by atoms with Gasteiger partial charge in [0.25, 0.3) is 0 Å². The minimum Gasteiger partial charge on any atom is -0.490 e. The second-order valence-corrected chi connectivity index (χ2v) is 6.80. The number of thiophene rings is 1. The zero-order valence-corrected chi connectivity index (χ0v) is 15.5. The Morgan fingerprint density at radius 2 is 2.15 bits per heavy atom. The molecule has 0 unspecified atom stereocenters. The average Bonchev–Trinajstić information content (AvgIpc) is 3.21. The van der Waals surface area contributed by atoms with E-state index >= 15 is 0 Å². The second kappa shape index (κ2) is 7.70. The van der Waals surface area contributed by atoms with Crippen molar-refractivity contribution in [2.45, 2.75) is 32.6 Å². The van der Waals surface area contributed by atoms with E-state index in [1.54, 1.807) is 17.5 Å². The quantitative estimate of drug-likeness (QED) is 0.606. The monoisotopic (exact) mass is 372 g/mol.